The van der Waals surface area contributed by atoms with Gasteiger partial charge in [-0.05, 0) is 22.3 Å². The van der Waals surface area contributed by atoms with Crippen LogP contribution in [0, 0.1) is 0 Å². The van der Waals surface area contributed by atoms with Crippen molar-refractivity contribution in [2.75, 3.05) is 0 Å². The third kappa shape index (κ3) is 1.53. The molecule has 0 saturated heterocycles. The Hall–Kier alpha value is -1.50. The summed E-state index contributed by atoms with van der Waals surface area (Å²) in [5, 5.41) is 10.3. The lowest BCUT2D eigenvalue weighted by atomic mass is 9.83. The fourth-order valence-electron chi connectivity index (χ4n) is 2.45. The van der Waals surface area contributed by atoms with Gasteiger partial charge in [0.05, 0.1) is 11.8 Å². The molecule has 1 aliphatic carbocycles. The Kier molecular flexibility index (Phi) is 2.54. The van der Waals surface area contributed by atoms with Crippen LogP contribution in [-0.4, -0.2) is 5.11 Å². The zero-order chi connectivity index (χ0) is 11.8. The van der Waals surface area contributed by atoms with Gasteiger partial charge in [-0.1, -0.05) is 48.5 Å². The highest BCUT2D eigenvalue weighted by Crippen LogP contribution is 2.49. The van der Waals surface area contributed by atoms with Crippen LogP contribution < -0.4 is 0 Å². The number of benzene rings is 2. The first-order valence-electron chi connectivity index (χ1n) is 5.51. The zero-order valence-electron chi connectivity index (χ0n) is 9.08. The fraction of sp³-hybridized carbons (Fsp3) is 0.143. The van der Waals surface area contributed by atoms with Crippen molar-refractivity contribution in [1.29, 1.82) is 0 Å². The van der Waals surface area contributed by atoms with Gasteiger partial charge < -0.3 is 5.11 Å². The fourth-order valence-corrected chi connectivity index (χ4v) is 3.07. The highest BCUT2D eigenvalue weighted by atomic mass is 31.1. The number of fused-ring (bicyclic) bond motifs is 3. The van der Waals surface area contributed by atoms with Crippen molar-refractivity contribution in [2.24, 2.45) is 0 Å². The van der Waals surface area contributed by atoms with Gasteiger partial charge in [-0.2, -0.15) is 0 Å². The van der Waals surface area contributed by atoms with Crippen LogP contribution in [0.5, 0.6) is 0 Å². The standard InChI is InChI=1S/C14H11O2P/c15-13-11-7-3-1-5-9(11)10-6-2-4-8-12(10)14(13)17-16/h1-8,13-15H. The molecule has 0 spiro atoms. The SMILES string of the molecule is O=PC1c2ccccc2-c2ccccc2C1O. The Labute approximate surface area is 101 Å². The predicted octanol–water partition coefficient (Wildman–Crippen LogP) is 3.73. The molecule has 17 heavy (non-hydrogen) atoms. The molecular weight excluding hydrogens is 231 g/mol. The number of hydrogen-bond acceptors (Lipinski definition) is 2. The van der Waals surface area contributed by atoms with Gasteiger partial charge in [-0.15, -0.1) is 0 Å². The van der Waals surface area contributed by atoms with Gasteiger partial charge in [0.15, 0.2) is 8.46 Å². The zero-order valence-corrected chi connectivity index (χ0v) is 9.97. The second-order valence-corrected chi connectivity index (χ2v) is 4.94. The number of rotatable bonds is 1. The van der Waals surface area contributed by atoms with Crippen molar-refractivity contribution in [3.8, 4) is 11.1 Å². The van der Waals surface area contributed by atoms with E-state index in [-0.39, 0.29) is 14.1 Å². The molecule has 2 aromatic carbocycles. The molecule has 0 saturated carbocycles. The Morgan fingerprint density at radius 1 is 0.882 bits per heavy atom. The van der Waals surface area contributed by atoms with E-state index in [1.54, 1.807) is 0 Å². The lowest BCUT2D eigenvalue weighted by Crippen LogP contribution is -2.13. The third-order valence-electron chi connectivity index (χ3n) is 3.26. The Morgan fingerprint density at radius 3 is 2.06 bits per heavy atom. The molecule has 2 atom stereocenters. The molecule has 1 N–H and O–H groups in total. The second kappa shape index (κ2) is 4.06. The first kappa shape index (κ1) is 10.6. The van der Waals surface area contributed by atoms with Gasteiger partial charge >= 0.3 is 0 Å². The van der Waals surface area contributed by atoms with Crippen LogP contribution in [0.25, 0.3) is 11.1 Å². The molecule has 0 aromatic heterocycles. The van der Waals surface area contributed by atoms with Crippen LogP contribution in [0.3, 0.4) is 0 Å². The van der Waals surface area contributed by atoms with Crippen molar-refractivity contribution in [3.63, 3.8) is 0 Å². The van der Waals surface area contributed by atoms with Gasteiger partial charge in [0.1, 0.15) is 0 Å². The molecule has 0 radical (unpaired) electrons. The van der Waals surface area contributed by atoms with E-state index < -0.39 is 6.10 Å². The van der Waals surface area contributed by atoms with E-state index in [2.05, 4.69) is 0 Å². The molecule has 3 heteroatoms. The van der Waals surface area contributed by atoms with Crippen LogP contribution >= 0.6 is 8.46 Å². The van der Waals surface area contributed by atoms with Crippen LogP contribution in [0.1, 0.15) is 22.9 Å². The molecule has 1 aliphatic rings. The minimum Gasteiger partial charge on any atom is -0.387 e. The first-order chi connectivity index (χ1) is 8.33. The Morgan fingerprint density at radius 2 is 1.41 bits per heavy atom. The van der Waals surface area contributed by atoms with Crippen LogP contribution in [0.2, 0.25) is 0 Å². The predicted molar refractivity (Wildman–Crippen MR) is 67.2 cm³/mol. The molecule has 0 fully saturated rings. The summed E-state index contributed by atoms with van der Waals surface area (Å²) >= 11 is 0. The van der Waals surface area contributed by atoms with Gasteiger partial charge in [0.2, 0.25) is 0 Å². The van der Waals surface area contributed by atoms with Gasteiger partial charge in [0.25, 0.3) is 0 Å². The molecule has 2 unspecified atom stereocenters. The van der Waals surface area contributed by atoms with Crippen molar-refractivity contribution in [3.05, 3.63) is 59.7 Å². The smallest absolute Gasteiger partial charge is 0.166 e. The second-order valence-electron chi connectivity index (χ2n) is 4.17. The minimum atomic E-state index is -0.694. The van der Waals surface area contributed by atoms with E-state index in [1.807, 2.05) is 48.5 Å². The highest BCUT2D eigenvalue weighted by molar-refractivity contribution is 7.24. The normalized spacial score (nSPS) is 21.9. The van der Waals surface area contributed by atoms with Crippen molar-refractivity contribution >= 4 is 8.46 Å². The monoisotopic (exact) mass is 242 g/mol. The minimum absolute atomic E-state index is 0.0368. The molecular formula is C14H11O2P. The molecule has 84 valence electrons. The molecule has 2 aromatic rings. The number of aliphatic hydroxyl groups excluding tert-OH is 1. The quantitative estimate of drug-likeness (QED) is 0.773. The largest absolute Gasteiger partial charge is 0.387 e. The maximum Gasteiger partial charge on any atom is 0.166 e. The maximum atomic E-state index is 11.3. The van der Waals surface area contributed by atoms with Crippen molar-refractivity contribution in [2.45, 2.75) is 11.8 Å². The Balaban J connectivity index is 2.32. The van der Waals surface area contributed by atoms with Crippen molar-refractivity contribution < 1.29 is 9.67 Å². The van der Waals surface area contributed by atoms with Gasteiger partial charge in [-0.25, -0.2) is 0 Å². The summed E-state index contributed by atoms with van der Waals surface area (Å²) in [6, 6.07) is 15.6. The average molecular weight is 242 g/mol. The molecule has 0 aliphatic heterocycles. The first-order valence-corrected chi connectivity index (χ1v) is 6.40. The van der Waals surface area contributed by atoms with E-state index in [4.69, 9.17) is 0 Å². The summed E-state index contributed by atoms with van der Waals surface area (Å²) in [4.78, 5) is 0. The number of aliphatic hydroxyl groups is 1. The molecule has 0 heterocycles. The molecule has 2 nitrogen and oxygen atoms in total. The van der Waals surface area contributed by atoms with Gasteiger partial charge in [0, 0.05) is 0 Å². The molecule has 0 bridgehead atoms. The summed E-state index contributed by atoms with van der Waals surface area (Å²) in [7, 11) is -0.0368. The Bertz CT molecular complexity index is 580. The summed E-state index contributed by atoms with van der Waals surface area (Å²) in [5.74, 6) is 0. The van der Waals surface area contributed by atoms with E-state index in [0.717, 1.165) is 22.3 Å². The molecule has 0 amide bonds. The van der Waals surface area contributed by atoms with Gasteiger partial charge in [-0.3, -0.25) is 4.57 Å². The summed E-state index contributed by atoms with van der Waals surface area (Å²) < 4.78 is 11.3. The average Bonchev–Trinajstić information content (AvgIpc) is 2.40. The summed E-state index contributed by atoms with van der Waals surface area (Å²) in [6.07, 6.45) is -0.694. The molecule has 3 rings (SSSR count). The van der Waals surface area contributed by atoms with E-state index in [1.165, 1.54) is 0 Å². The number of hydrogen-bond donors (Lipinski definition) is 1. The van der Waals surface area contributed by atoms with Crippen LogP contribution in [0.15, 0.2) is 48.5 Å². The topological polar surface area (TPSA) is 37.3 Å². The maximum absolute atomic E-state index is 11.3. The van der Waals surface area contributed by atoms with E-state index in [0.29, 0.717) is 0 Å². The highest BCUT2D eigenvalue weighted by Gasteiger charge is 2.32. The lowest BCUT2D eigenvalue weighted by Gasteiger charge is -2.28. The van der Waals surface area contributed by atoms with Crippen LogP contribution in [0.4, 0.5) is 0 Å². The van der Waals surface area contributed by atoms with Crippen molar-refractivity contribution in [1.82, 2.24) is 0 Å². The third-order valence-corrected chi connectivity index (χ3v) is 4.05. The summed E-state index contributed by atoms with van der Waals surface area (Å²) in [6.45, 7) is 0. The lowest BCUT2D eigenvalue weighted by molar-refractivity contribution is 0.171. The summed E-state index contributed by atoms with van der Waals surface area (Å²) in [5.41, 5.74) is 3.56. The van der Waals surface area contributed by atoms with E-state index in [9.17, 15) is 9.67 Å². The van der Waals surface area contributed by atoms with E-state index >= 15 is 0 Å². The van der Waals surface area contributed by atoms with Crippen LogP contribution in [-0.2, 0) is 4.57 Å².